The molecule has 1 atom stereocenters. The van der Waals surface area contributed by atoms with Gasteiger partial charge in [0.05, 0.1) is 6.61 Å². The van der Waals surface area contributed by atoms with E-state index in [1.54, 1.807) is 0 Å². The van der Waals surface area contributed by atoms with Crippen molar-refractivity contribution in [1.82, 2.24) is 0 Å². The number of hydrogen-bond donors (Lipinski definition) is 1. The average molecular weight is 200 g/mol. The highest BCUT2D eigenvalue weighted by Gasteiger charge is 2.08. The van der Waals surface area contributed by atoms with Crippen LogP contribution in [0.15, 0.2) is 30.3 Å². The first-order valence-electron chi connectivity index (χ1n) is 4.07. The van der Waals surface area contributed by atoms with Gasteiger partial charge in [0.2, 0.25) is 0 Å². The largest absolute Gasteiger partial charge is 0.325 e. The summed E-state index contributed by atoms with van der Waals surface area (Å²) >= 11 is 0. The summed E-state index contributed by atoms with van der Waals surface area (Å²) in [6, 6.07) is 9.71. The molecule has 3 nitrogen and oxygen atoms in total. The zero-order valence-corrected chi connectivity index (χ0v) is 8.41. The topological polar surface area (TPSA) is 46.5 Å². The second kappa shape index (κ2) is 4.56. The lowest BCUT2D eigenvalue weighted by Gasteiger charge is -2.06. The Morgan fingerprint density at radius 1 is 1.38 bits per heavy atom. The molecule has 0 heterocycles. The van der Waals surface area contributed by atoms with Crippen LogP contribution in [0.3, 0.4) is 0 Å². The maximum absolute atomic E-state index is 10.7. The van der Waals surface area contributed by atoms with Gasteiger partial charge >= 0.3 is 7.60 Å². The fourth-order valence-electron chi connectivity index (χ4n) is 0.978. The van der Waals surface area contributed by atoms with Gasteiger partial charge in [-0.25, -0.2) is 0 Å². The second-order valence-electron chi connectivity index (χ2n) is 2.87. The number of rotatable bonds is 4. The normalized spacial score (nSPS) is 15.2. The third-order valence-electron chi connectivity index (χ3n) is 1.56. The van der Waals surface area contributed by atoms with Gasteiger partial charge in [0.25, 0.3) is 0 Å². The Morgan fingerprint density at radius 2 is 2.00 bits per heavy atom. The van der Waals surface area contributed by atoms with Crippen LogP contribution in [0.25, 0.3) is 0 Å². The molecule has 0 amide bonds. The molecule has 0 saturated heterocycles. The summed E-state index contributed by atoms with van der Waals surface area (Å²) in [5, 5.41) is 0. The summed E-state index contributed by atoms with van der Waals surface area (Å²) in [6.07, 6.45) is 0.666. The van der Waals surface area contributed by atoms with E-state index in [1.165, 1.54) is 6.66 Å². The van der Waals surface area contributed by atoms with E-state index in [4.69, 9.17) is 9.42 Å². The highest BCUT2D eigenvalue weighted by molar-refractivity contribution is 7.51. The molecule has 0 aliphatic rings. The highest BCUT2D eigenvalue weighted by atomic mass is 31.2. The summed E-state index contributed by atoms with van der Waals surface area (Å²) in [5.41, 5.74) is 1.11. The lowest BCUT2D eigenvalue weighted by molar-refractivity contribution is 0.268. The fraction of sp³-hybridized carbons (Fsp3) is 0.333. The van der Waals surface area contributed by atoms with E-state index in [0.29, 0.717) is 6.42 Å². The van der Waals surface area contributed by atoms with Crippen LogP contribution in [0.5, 0.6) is 0 Å². The van der Waals surface area contributed by atoms with E-state index in [-0.39, 0.29) is 6.61 Å². The molecule has 13 heavy (non-hydrogen) atoms. The van der Waals surface area contributed by atoms with Crippen LogP contribution in [0.2, 0.25) is 0 Å². The number of hydrogen-bond acceptors (Lipinski definition) is 2. The lowest BCUT2D eigenvalue weighted by Crippen LogP contribution is -1.95. The summed E-state index contributed by atoms with van der Waals surface area (Å²) in [5.74, 6) is 0. The Labute approximate surface area is 77.9 Å². The Kier molecular flexibility index (Phi) is 3.67. The first kappa shape index (κ1) is 10.5. The summed E-state index contributed by atoms with van der Waals surface area (Å²) < 4.78 is 15.5. The van der Waals surface area contributed by atoms with Crippen LogP contribution in [-0.2, 0) is 15.5 Å². The van der Waals surface area contributed by atoms with Crippen LogP contribution in [0.1, 0.15) is 5.56 Å². The van der Waals surface area contributed by atoms with E-state index < -0.39 is 7.60 Å². The zero-order chi connectivity index (χ0) is 9.73. The first-order valence-corrected chi connectivity index (χ1v) is 6.09. The maximum atomic E-state index is 10.7. The predicted molar refractivity (Wildman–Crippen MR) is 51.8 cm³/mol. The lowest BCUT2D eigenvalue weighted by atomic mass is 10.2. The van der Waals surface area contributed by atoms with Crippen molar-refractivity contribution in [2.24, 2.45) is 0 Å². The van der Waals surface area contributed by atoms with Gasteiger partial charge in [-0.2, -0.15) is 0 Å². The average Bonchev–Trinajstić information content (AvgIpc) is 2.04. The van der Waals surface area contributed by atoms with Gasteiger partial charge < -0.3 is 9.42 Å². The maximum Gasteiger partial charge on any atom is 0.325 e. The highest BCUT2D eigenvalue weighted by Crippen LogP contribution is 2.36. The van der Waals surface area contributed by atoms with Crippen LogP contribution in [0, 0.1) is 0 Å². The first-order chi connectivity index (χ1) is 6.08. The molecule has 1 unspecified atom stereocenters. The van der Waals surface area contributed by atoms with Crippen molar-refractivity contribution in [2.75, 3.05) is 13.3 Å². The van der Waals surface area contributed by atoms with Crippen molar-refractivity contribution in [3.05, 3.63) is 35.9 Å². The molecular formula is C9H13O3P. The van der Waals surface area contributed by atoms with E-state index in [9.17, 15) is 4.57 Å². The summed E-state index contributed by atoms with van der Waals surface area (Å²) in [7, 11) is -3.30. The third kappa shape index (κ3) is 4.83. The van der Waals surface area contributed by atoms with Crippen molar-refractivity contribution in [3.8, 4) is 0 Å². The molecule has 1 N–H and O–H groups in total. The molecule has 0 radical (unpaired) electrons. The summed E-state index contributed by atoms with van der Waals surface area (Å²) in [6.45, 7) is 1.48. The van der Waals surface area contributed by atoms with Gasteiger partial charge in [0, 0.05) is 6.66 Å². The van der Waals surface area contributed by atoms with E-state index in [1.807, 2.05) is 30.3 Å². The van der Waals surface area contributed by atoms with Gasteiger partial charge in [-0.15, -0.1) is 0 Å². The van der Waals surface area contributed by atoms with Gasteiger partial charge in [-0.05, 0) is 12.0 Å². The van der Waals surface area contributed by atoms with Crippen LogP contribution >= 0.6 is 7.60 Å². The van der Waals surface area contributed by atoms with Crippen LogP contribution in [0.4, 0.5) is 0 Å². The van der Waals surface area contributed by atoms with Gasteiger partial charge in [0.15, 0.2) is 0 Å². The zero-order valence-electron chi connectivity index (χ0n) is 7.51. The van der Waals surface area contributed by atoms with Crippen LogP contribution in [-0.4, -0.2) is 18.2 Å². The molecule has 0 saturated carbocycles. The molecule has 1 aromatic carbocycles. The molecule has 1 aromatic rings. The smallest absolute Gasteiger partial charge is 0.324 e. The summed E-state index contributed by atoms with van der Waals surface area (Å²) in [4.78, 5) is 8.83. The van der Waals surface area contributed by atoms with Crippen molar-refractivity contribution in [3.63, 3.8) is 0 Å². The monoisotopic (exact) mass is 200 g/mol. The third-order valence-corrected chi connectivity index (χ3v) is 2.23. The van der Waals surface area contributed by atoms with Crippen molar-refractivity contribution in [2.45, 2.75) is 6.42 Å². The van der Waals surface area contributed by atoms with Gasteiger partial charge in [0.1, 0.15) is 0 Å². The Bertz CT molecular complexity index is 291. The van der Waals surface area contributed by atoms with Crippen LogP contribution < -0.4 is 0 Å². The molecule has 1 rings (SSSR count). The molecule has 0 spiro atoms. The van der Waals surface area contributed by atoms with Gasteiger partial charge in [-0.3, -0.25) is 4.57 Å². The molecule has 4 heteroatoms. The second-order valence-corrected chi connectivity index (χ2v) is 4.74. The van der Waals surface area contributed by atoms with Crippen molar-refractivity contribution < 1.29 is 14.0 Å². The molecule has 0 bridgehead atoms. The predicted octanol–water partition coefficient (Wildman–Crippen LogP) is 2.06. The molecule has 0 aliphatic carbocycles. The molecular weight excluding hydrogens is 187 g/mol. The Morgan fingerprint density at radius 3 is 2.54 bits per heavy atom. The van der Waals surface area contributed by atoms with E-state index in [0.717, 1.165) is 5.56 Å². The standard InChI is InChI=1S/C9H13O3P/c1-13(10,11)12-8-7-9-5-3-2-4-6-9/h2-6H,7-8H2,1H3,(H,10,11). The van der Waals surface area contributed by atoms with E-state index >= 15 is 0 Å². The minimum absolute atomic E-state index is 0.286. The van der Waals surface area contributed by atoms with E-state index in [2.05, 4.69) is 0 Å². The van der Waals surface area contributed by atoms with Crippen molar-refractivity contribution in [1.29, 1.82) is 0 Å². The number of benzene rings is 1. The minimum atomic E-state index is -3.30. The molecule has 0 aliphatic heterocycles. The minimum Gasteiger partial charge on any atom is -0.324 e. The molecule has 72 valence electrons. The molecule has 0 fully saturated rings. The SMILES string of the molecule is CP(=O)(O)OCCc1ccccc1. The fourth-order valence-corrected chi connectivity index (χ4v) is 1.41. The quantitative estimate of drug-likeness (QED) is 0.756. The Balaban J connectivity index is 2.33. The Hall–Kier alpha value is -0.630. The van der Waals surface area contributed by atoms with Crippen molar-refractivity contribution >= 4 is 7.60 Å². The van der Waals surface area contributed by atoms with Gasteiger partial charge in [-0.1, -0.05) is 30.3 Å². The molecule has 0 aromatic heterocycles.